The number of nitrogens with one attached hydrogen (secondary N) is 1. The molecule has 78 valence electrons. The highest BCUT2D eigenvalue weighted by Crippen LogP contribution is 2.19. The van der Waals surface area contributed by atoms with Gasteiger partial charge in [0.05, 0.1) is 6.61 Å². The van der Waals surface area contributed by atoms with Crippen molar-refractivity contribution in [1.82, 2.24) is 5.32 Å². The molecule has 0 heterocycles. The smallest absolute Gasteiger partial charge is 0.249 e. The largest absolute Gasteiger partial charge is 0.396 e. The van der Waals surface area contributed by atoms with E-state index in [2.05, 4.69) is 5.32 Å². The van der Waals surface area contributed by atoms with Gasteiger partial charge in [0.1, 0.15) is 6.10 Å². The van der Waals surface area contributed by atoms with E-state index in [9.17, 15) is 9.90 Å². The maximum atomic E-state index is 11.2. The molecule has 0 aromatic carbocycles. The lowest BCUT2D eigenvalue weighted by Crippen LogP contribution is -2.46. The maximum Gasteiger partial charge on any atom is 0.249 e. The third-order valence-corrected chi connectivity index (χ3v) is 1.84. The molecule has 0 aliphatic heterocycles. The van der Waals surface area contributed by atoms with E-state index in [1.54, 1.807) is 13.8 Å². The van der Waals surface area contributed by atoms with Crippen LogP contribution < -0.4 is 11.1 Å². The zero-order valence-electron chi connectivity index (χ0n) is 8.08. The van der Waals surface area contributed by atoms with E-state index in [0.717, 1.165) is 0 Å². The van der Waals surface area contributed by atoms with Gasteiger partial charge in [-0.2, -0.15) is 0 Å². The molecule has 0 aromatic rings. The monoisotopic (exact) mass is 190 g/mol. The maximum absolute atomic E-state index is 11.2. The molecule has 0 aliphatic rings. The van der Waals surface area contributed by atoms with E-state index in [1.807, 2.05) is 0 Å². The molecular formula is C8H18N2O3. The van der Waals surface area contributed by atoms with Crippen LogP contribution in [0.3, 0.4) is 0 Å². The Bertz CT molecular complexity index is 171. The van der Waals surface area contributed by atoms with Crippen LogP contribution in [0.2, 0.25) is 0 Å². The number of nitrogens with two attached hydrogens (primary N) is 1. The molecule has 0 fully saturated rings. The van der Waals surface area contributed by atoms with Crippen molar-refractivity contribution in [1.29, 1.82) is 0 Å². The Morgan fingerprint density at radius 2 is 2.15 bits per heavy atom. The van der Waals surface area contributed by atoms with Gasteiger partial charge in [0.15, 0.2) is 0 Å². The third kappa shape index (κ3) is 3.71. The Labute approximate surface area is 77.9 Å². The second-order valence-corrected chi connectivity index (χ2v) is 3.63. The van der Waals surface area contributed by atoms with E-state index in [1.165, 1.54) is 0 Å². The molecule has 0 aliphatic carbocycles. The number of carbonyl (C=O) groups is 1. The molecule has 1 unspecified atom stereocenters. The van der Waals surface area contributed by atoms with Crippen LogP contribution in [0.5, 0.6) is 0 Å². The van der Waals surface area contributed by atoms with Crippen LogP contribution in [0.15, 0.2) is 0 Å². The van der Waals surface area contributed by atoms with Crippen molar-refractivity contribution in [3.05, 3.63) is 0 Å². The zero-order chi connectivity index (χ0) is 10.5. The average molecular weight is 190 g/mol. The van der Waals surface area contributed by atoms with E-state index >= 15 is 0 Å². The molecule has 5 N–H and O–H groups in total. The van der Waals surface area contributed by atoms with Gasteiger partial charge in [0.2, 0.25) is 5.91 Å². The lowest BCUT2D eigenvalue weighted by molar-refractivity contribution is -0.137. The summed E-state index contributed by atoms with van der Waals surface area (Å²) >= 11 is 0. The summed E-state index contributed by atoms with van der Waals surface area (Å²) in [4.78, 5) is 11.2. The fourth-order valence-electron chi connectivity index (χ4n) is 0.733. The van der Waals surface area contributed by atoms with Gasteiger partial charge in [-0.05, 0) is 0 Å². The van der Waals surface area contributed by atoms with Crippen LogP contribution in [0, 0.1) is 5.41 Å². The predicted octanol–water partition coefficient (Wildman–Crippen LogP) is -1.56. The highest BCUT2D eigenvalue weighted by atomic mass is 16.3. The van der Waals surface area contributed by atoms with E-state index in [0.29, 0.717) is 13.1 Å². The van der Waals surface area contributed by atoms with E-state index in [4.69, 9.17) is 10.8 Å². The van der Waals surface area contributed by atoms with Crippen molar-refractivity contribution in [2.45, 2.75) is 20.0 Å². The standard InChI is InChI=1S/C8H18N2O3/c1-8(2,5-11)6(12)7(13)10-4-3-9/h6,11-12H,3-5,9H2,1-2H3,(H,10,13). The molecule has 13 heavy (non-hydrogen) atoms. The Hall–Kier alpha value is -0.650. The molecule has 0 saturated carbocycles. The van der Waals surface area contributed by atoms with Crippen molar-refractivity contribution in [2.75, 3.05) is 19.7 Å². The number of amides is 1. The number of rotatable bonds is 5. The van der Waals surface area contributed by atoms with Gasteiger partial charge in [0.25, 0.3) is 0 Å². The normalized spacial score (nSPS) is 13.9. The summed E-state index contributed by atoms with van der Waals surface area (Å²) in [6.07, 6.45) is -1.20. The Morgan fingerprint density at radius 1 is 1.62 bits per heavy atom. The van der Waals surface area contributed by atoms with Gasteiger partial charge < -0.3 is 21.3 Å². The number of carbonyl (C=O) groups excluding carboxylic acids is 1. The number of hydrogen-bond donors (Lipinski definition) is 4. The number of aliphatic hydroxyl groups excluding tert-OH is 2. The second kappa shape index (κ2) is 5.16. The van der Waals surface area contributed by atoms with Gasteiger partial charge >= 0.3 is 0 Å². The minimum atomic E-state index is -1.20. The minimum Gasteiger partial charge on any atom is -0.396 e. The molecule has 5 heteroatoms. The average Bonchev–Trinajstić information content (AvgIpc) is 2.12. The van der Waals surface area contributed by atoms with Gasteiger partial charge in [-0.15, -0.1) is 0 Å². The van der Waals surface area contributed by atoms with E-state index < -0.39 is 17.4 Å². The molecule has 0 radical (unpaired) electrons. The summed E-state index contributed by atoms with van der Waals surface area (Å²) < 4.78 is 0. The molecule has 1 amide bonds. The summed E-state index contributed by atoms with van der Waals surface area (Å²) in [6.45, 7) is 3.64. The number of aliphatic hydroxyl groups is 2. The van der Waals surface area contributed by atoms with Crippen LogP contribution in [0.4, 0.5) is 0 Å². The quantitative estimate of drug-likeness (QED) is 0.421. The SMILES string of the molecule is CC(C)(CO)C(O)C(=O)NCCN. The van der Waals surface area contributed by atoms with E-state index in [-0.39, 0.29) is 6.61 Å². The summed E-state index contributed by atoms with van der Waals surface area (Å²) in [7, 11) is 0. The molecule has 5 nitrogen and oxygen atoms in total. The predicted molar refractivity (Wildman–Crippen MR) is 48.9 cm³/mol. The lowest BCUT2D eigenvalue weighted by Gasteiger charge is -2.26. The first-order valence-electron chi connectivity index (χ1n) is 4.22. The van der Waals surface area contributed by atoms with Crippen molar-refractivity contribution >= 4 is 5.91 Å². The highest BCUT2D eigenvalue weighted by Gasteiger charge is 2.32. The van der Waals surface area contributed by atoms with Crippen LogP contribution >= 0.6 is 0 Å². The highest BCUT2D eigenvalue weighted by molar-refractivity contribution is 5.81. The molecule has 0 bridgehead atoms. The lowest BCUT2D eigenvalue weighted by atomic mass is 9.87. The zero-order valence-corrected chi connectivity index (χ0v) is 8.08. The molecular weight excluding hydrogens is 172 g/mol. The van der Waals surface area contributed by atoms with Crippen LogP contribution in [-0.4, -0.2) is 41.9 Å². The molecule has 0 rings (SSSR count). The van der Waals surface area contributed by atoms with Crippen molar-refractivity contribution in [3.63, 3.8) is 0 Å². The summed E-state index contributed by atoms with van der Waals surface area (Å²) in [5.74, 6) is -0.496. The Kier molecular flexibility index (Phi) is 4.90. The van der Waals surface area contributed by atoms with Crippen molar-refractivity contribution in [2.24, 2.45) is 11.1 Å². The first kappa shape index (κ1) is 12.3. The van der Waals surface area contributed by atoms with Crippen LogP contribution in [0.1, 0.15) is 13.8 Å². The fourth-order valence-corrected chi connectivity index (χ4v) is 0.733. The minimum absolute atomic E-state index is 0.246. The summed E-state index contributed by atoms with van der Waals surface area (Å²) in [6, 6.07) is 0. The Balaban J connectivity index is 4.09. The van der Waals surface area contributed by atoms with Crippen LogP contribution in [-0.2, 0) is 4.79 Å². The van der Waals surface area contributed by atoms with Crippen molar-refractivity contribution in [3.8, 4) is 0 Å². The Morgan fingerprint density at radius 3 is 2.54 bits per heavy atom. The summed E-state index contributed by atoms with van der Waals surface area (Å²) in [5.41, 5.74) is 4.35. The van der Waals surface area contributed by atoms with Crippen molar-refractivity contribution < 1.29 is 15.0 Å². The second-order valence-electron chi connectivity index (χ2n) is 3.63. The first-order chi connectivity index (χ1) is 5.95. The van der Waals surface area contributed by atoms with Gasteiger partial charge in [-0.25, -0.2) is 0 Å². The number of hydrogen-bond acceptors (Lipinski definition) is 4. The van der Waals surface area contributed by atoms with Gasteiger partial charge in [-0.1, -0.05) is 13.8 Å². The summed E-state index contributed by atoms with van der Waals surface area (Å²) in [5, 5.41) is 20.8. The third-order valence-electron chi connectivity index (χ3n) is 1.84. The van der Waals surface area contributed by atoms with Gasteiger partial charge in [0, 0.05) is 18.5 Å². The topological polar surface area (TPSA) is 95.6 Å². The fraction of sp³-hybridized carbons (Fsp3) is 0.875. The molecule has 0 aromatic heterocycles. The molecule has 0 spiro atoms. The van der Waals surface area contributed by atoms with Crippen LogP contribution in [0.25, 0.3) is 0 Å². The van der Waals surface area contributed by atoms with Gasteiger partial charge in [-0.3, -0.25) is 4.79 Å². The molecule has 0 saturated heterocycles. The molecule has 1 atom stereocenters. The first-order valence-corrected chi connectivity index (χ1v) is 4.22.